The first-order chi connectivity index (χ1) is 14.1. The van der Waals surface area contributed by atoms with Crippen molar-refractivity contribution in [2.75, 3.05) is 5.32 Å². The van der Waals surface area contributed by atoms with Crippen LogP contribution in [0.5, 0.6) is 0 Å². The van der Waals surface area contributed by atoms with Gasteiger partial charge in [-0.25, -0.2) is 13.6 Å². The van der Waals surface area contributed by atoms with Crippen LogP contribution in [-0.4, -0.2) is 4.92 Å². The molecule has 0 aromatic heterocycles. The van der Waals surface area contributed by atoms with Crippen molar-refractivity contribution >= 4 is 22.7 Å². The fraction of sp³-hybridized carbons (Fsp3) is 0.174. The second-order valence-corrected chi connectivity index (χ2v) is 7.80. The standard InChI is InChI=1S/C23H19F2N3O2/c1-23(2,3)14-8-11-19(21(12-14)28(29)30)27-15-9-10-17(24)16(13-15)22-18(25)6-5-7-20(22)26-4/h5-13,27H,1-3H3. The summed E-state index contributed by atoms with van der Waals surface area (Å²) in [6.45, 7) is 13.1. The quantitative estimate of drug-likeness (QED) is 0.284. The molecule has 0 unspecified atom stereocenters. The van der Waals surface area contributed by atoms with Crippen molar-refractivity contribution in [3.05, 3.63) is 93.3 Å². The van der Waals surface area contributed by atoms with Gasteiger partial charge in [-0.1, -0.05) is 39.0 Å². The molecule has 0 bridgehead atoms. The molecule has 0 spiro atoms. The van der Waals surface area contributed by atoms with Gasteiger partial charge in [0, 0.05) is 22.9 Å². The van der Waals surface area contributed by atoms with E-state index in [0.29, 0.717) is 5.69 Å². The monoisotopic (exact) mass is 407 g/mol. The zero-order chi connectivity index (χ0) is 22.1. The molecule has 7 heteroatoms. The van der Waals surface area contributed by atoms with E-state index in [-0.39, 0.29) is 33.6 Å². The summed E-state index contributed by atoms with van der Waals surface area (Å²) in [7, 11) is 0. The Labute approximate surface area is 173 Å². The summed E-state index contributed by atoms with van der Waals surface area (Å²) in [4.78, 5) is 14.4. The van der Waals surface area contributed by atoms with E-state index in [1.165, 1.54) is 30.3 Å². The Kier molecular flexibility index (Phi) is 5.52. The molecule has 152 valence electrons. The molecule has 0 amide bonds. The molecule has 0 aliphatic rings. The van der Waals surface area contributed by atoms with Gasteiger partial charge in [0.05, 0.1) is 11.5 Å². The van der Waals surface area contributed by atoms with Crippen molar-refractivity contribution in [1.82, 2.24) is 0 Å². The van der Waals surface area contributed by atoms with Gasteiger partial charge in [-0.05, 0) is 41.3 Å². The Morgan fingerprint density at radius 1 is 1.03 bits per heavy atom. The largest absolute Gasteiger partial charge is 0.350 e. The van der Waals surface area contributed by atoms with Crippen LogP contribution >= 0.6 is 0 Å². The molecule has 0 fully saturated rings. The highest BCUT2D eigenvalue weighted by molar-refractivity contribution is 5.82. The number of benzene rings is 3. The zero-order valence-corrected chi connectivity index (χ0v) is 16.7. The number of nitro benzene ring substituents is 1. The Bertz CT molecular complexity index is 1180. The molecule has 0 atom stereocenters. The van der Waals surface area contributed by atoms with Gasteiger partial charge in [-0.3, -0.25) is 10.1 Å². The van der Waals surface area contributed by atoms with Crippen molar-refractivity contribution in [3.8, 4) is 11.1 Å². The lowest BCUT2D eigenvalue weighted by Gasteiger charge is -2.19. The smallest absolute Gasteiger partial charge is 0.292 e. The minimum Gasteiger partial charge on any atom is -0.350 e. The molecule has 1 N–H and O–H groups in total. The molecule has 0 aliphatic heterocycles. The van der Waals surface area contributed by atoms with Crippen LogP contribution in [0.4, 0.5) is 31.5 Å². The van der Waals surface area contributed by atoms with Crippen LogP contribution in [0.1, 0.15) is 26.3 Å². The van der Waals surface area contributed by atoms with Crippen LogP contribution in [0.15, 0.2) is 54.6 Å². The average Bonchev–Trinajstić information content (AvgIpc) is 2.68. The highest BCUT2D eigenvalue weighted by Gasteiger charge is 2.22. The molecular weight excluding hydrogens is 388 g/mol. The van der Waals surface area contributed by atoms with E-state index in [1.807, 2.05) is 20.8 Å². The molecule has 30 heavy (non-hydrogen) atoms. The minimum atomic E-state index is -0.722. The molecule has 0 radical (unpaired) electrons. The summed E-state index contributed by atoms with van der Waals surface area (Å²) in [5.74, 6) is -1.42. The topological polar surface area (TPSA) is 59.5 Å². The molecule has 3 aromatic carbocycles. The zero-order valence-electron chi connectivity index (χ0n) is 16.7. The van der Waals surface area contributed by atoms with Crippen LogP contribution in [0.2, 0.25) is 0 Å². The highest BCUT2D eigenvalue weighted by atomic mass is 19.1. The lowest BCUT2D eigenvalue weighted by molar-refractivity contribution is -0.384. The molecule has 3 rings (SSSR count). The second-order valence-electron chi connectivity index (χ2n) is 7.80. The third kappa shape index (κ3) is 4.13. The van der Waals surface area contributed by atoms with E-state index in [9.17, 15) is 18.9 Å². The van der Waals surface area contributed by atoms with E-state index in [2.05, 4.69) is 10.2 Å². The first-order valence-corrected chi connectivity index (χ1v) is 9.13. The number of anilines is 2. The van der Waals surface area contributed by atoms with Crippen molar-refractivity contribution < 1.29 is 13.7 Å². The van der Waals surface area contributed by atoms with E-state index >= 15 is 0 Å². The van der Waals surface area contributed by atoms with E-state index in [4.69, 9.17) is 6.57 Å². The molecular formula is C23H19F2N3O2. The van der Waals surface area contributed by atoms with Gasteiger partial charge in [0.25, 0.3) is 5.69 Å². The lowest BCUT2D eigenvalue weighted by Crippen LogP contribution is -2.11. The lowest BCUT2D eigenvalue weighted by atomic mass is 9.86. The number of halogens is 2. The predicted molar refractivity (Wildman–Crippen MR) is 113 cm³/mol. The summed E-state index contributed by atoms with van der Waals surface area (Å²) < 4.78 is 28.8. The minimum absolute atomic E-state index is 0.0217. The Morgan fingerprint density at radius 3 is 2.40 bits per heavy atom. The molecule has 0 heterocycles. The van der Waals surface area contributed by atoms with E-state index in [0.717, 1.165) is 17.7 Å². The number of rotatable bonds is 4. The third-order valence-corrected chi connectivity index (χ3v) is 4.69. The molecule has 0 saturated carbocycles. The SMILES string of the molecule is [C-]#[N+]c1cccc(F)c1-c1cc(Nc2ccc(C(C)(C)C)cc2[N+](=O)[O-])ccc1F. The predicted octanol–water partition coefficient (Wildman–Crippen LogP) is 7.13. The average molecular weight is 407 g/mol. The summed E-state index contributed by atoms with van der Waals surface area (Å²) in [6, 6.07) is 12.7. The second kappa shape index (κ2) is 7.91. The van der Waals surface area contributed by atoms with Crippen molar-refractivity contribution in [3.63, 3.8) is 0 Å². The Hall–Kier alpha value is -3.79. The van der Waals surface area contributed by atoms with Gasteiger partial charge in [-0.2, -0.15) is 0 Å². The first kappa shape index (κ1) is 20.9. The summed E-state index contributed by atoms with van der Waals surface area (Å²) in [5, 5.41) is 14.5. The molecule has 3 aromatic rings. The van der Waals surface area contributed by atoms with Gasteiger partial charge in [0.2, 0.25) is 0 Å². The Morgan fingerprint density at radius 2 is 1.77 bits per heavy atom. The summed E-state index contributed by atoms with van der Waals surface area (Å²) in [5.41, 5.74) is 0.694. The van der Waals surface area contributed by atoms with Crippen LogP contribution in [-0.2, 0) is 5.41 Å². The molecule has 5 nitrogen and oxygen atoms in total. The van der Waals surface area contributed by atoms with Crippen molar-refractivity contribution in [1.29, 1.82) is 0 Å². The maximum absolute atomic E-state index is 14.5. The summed E-state index contributed by atoms with van der Waals surface area (Å²) in [6.07, 6.45) is 0. The van der Waals surface area contributed by atoms with Gasteiger partial charge >= 0.3 is 0 Å². The van der Waals surface area contributed by atoms with Crippen LogP contribution in [0.3, 0.4) is 0 Å². The van der Waals surface area contributed by atoms with Gasteiger partial charge in [0.15, 0.2) is 5.69 Å². The number of nitro groups is 1. The Balaban J connectivity index is 2.08. The highest BCUT2D eigenvalue weighted by Crippen LogP contribution is 2.38. The van der Waals surface area contributed by atoms with E-state index < -0.39 is 16.6 Å². The number of nitrogens with one attached hydrogen (secondary N) is 1. The summed E-state index contributed by atoms with van der Waals surface area (Å²) >= 11 is 0. The van der Waals surface area contributed by atoms with Crippen LogP contribution < -0.4 is 5.32 Å². The normalized spacial score (nSPS) is 11.1. The van der Waals surface area contributed by atoms with Gasteiger partial charge in [-0.15, -0.1) is 0 Å². The van der Waals surface area contributed by atoms with Gasteiger partial charge in [0.1, 0.15) is 17.3 Å². The van der Waals surface area contributed by atoms with Crippen LogP contribution in [0, 0.1) is 28.3 Å². The maximum Gasteiger partial charge on any atom is 0.292 e. The number of hydrogen-bond acceptors (Lipinski definition) is 3. The fourth-order valence-electron chi connectivity index (χ4n) is 3.08. The first-order valence-electron chi connectivity index (χ1n) is 9.13. The number of hydrogen-bond donors (Lipinski definition) is 1. The maximum atomic E-state index is 14.5. The van der Waals surface area contributed by atoms with Crippen LogP contribution in [0.25, 0.3) is 16.0 Å². The van der Waals surface area contributed by atoms with Gasteiger partial charge < -0.3 is 5.32 Å². The van der Waals surface area contributed by atoms with Crippen molar-refractivity contribution in [2.24, 2.45) is 0 Å². The van der Waals surface area contributed by atoms with E-state index in [1.54, 1.807) is 12.1 Å². The fourth-order valence-corrected chi connectivity index (χ4v) is 3.08. The number of nitrogens with zero attached hydrogens (tertiary/aromatic N) is 2. The molecule has 0 saturated heterocycles. The van der Waals surface area contributed by atoms with Crippen molar-refractivity contribution in [2.45, 2.75) is 26.2 Å². The third-order valence-electron chi connectivity index (χ3n) is 4.69. The molecule has 0 aliphatic carbocycles.